The third-order valence-electron chi connectivity index (χ3n) is 3.45. The molecule has 0 aromatic carbocycles. The van der Waals surface area contributed by atoms with Gasteiger partial charge in [0.1, 0.15) is 11.2 Å². The zero-order valence-electron chi connectivity index (χ0n) is 17.1. The van der Waals surface area contributed by atoms with E-state index in [2.05, 4.69) is 22.1 Å². The topological polar surface area (TPSA) is 80.8 Å². The largest absolute Gasteiger partial charge is 0.444 e. The molecule has 1 N–H and O–H groups in total. The van der Waals surface area contributed by atoms with E-state index in [1.54, 1.807) is 31.7 Å². The quantitative estimate of drug-likeness (QED) is 0.702. The van der Waals surface area contributed by atoms with Crippen LogP contribution in [-0.4, -0.2) is 46.4 Å². The van der Waals surface area contributed by atoms with Gasteiger partial charge in [-0.25, -0.2) is 14.6 Å². The highest BCUT2D eigenvalue weighted by atomic mass is 35.5. The fraction of sp³-hybridized carbons (Fsp3) is 0.550. The van der Waals surface area contributed by atoms with Crippen molar-refractivity contribution in [2.45, 2.75) is 52.7 Å². The number of amides is 2. The van der Waals surface area contributed by atoms with E-state index in [4.69, 9.17) is 21.1 Å². The number of likely N-dealkylation sites (tertiary alicyclic amines) is 1. The Labute approximate surface area is 170 Å². The molecule has 0 bridgehead atoms. The van der Waals surface area contributed by atoms with Gasteiger partial charge < -0.3 is 14.4 Å². The van der Waals surface area contributed by atoms with Crippen LogP contribution in [0, 0.1) is 17.8 Å². The third kappa shape index (κ3) is 6.61. The second kappa shape index (κ2) is 8.27. The lowest BCUT2D eigenvalue weighted by Gasteiger charge is -2.37. The zero-order valence-corrected chi connectivity index (χ0v) is 17.8. The summed E-state index contributed by atoms with van der Waals surface area (Å²) in [6.45, 7) is 11.7. The van der Waals surface area contributed by atoms with Crippen LogP contribution in [0.15, 0.2) is 12.3 Å². The molecule has 0 saturated carbocycles. The van der Waals surface area contributed by atoms with E-state index in [1.165, 1.54) is 6.20 Å². The minimum Gasteiger partial charge on any atom is -0.444 e. The van der Waals surface area contributed by atoms with Crippen LogP contribution in [0.2, 0.25) is 5.02 Å². The Balaban J connectivity index is 2.03. The Morgan fingerprint density at radius 3 is 2.36 bits per heavy atom. The Kier molecular flexibility index (Phi) is 6.45. The van der Waals surface area contributed by atoms with E-state index in [0.717, 1.165) is 0 Å². The molecule has 28 heavy (non-hydrogen) atoms. The van der Waals surface area contributed by atoms with Gasteiger partial charge in [-0.3, -0.25) is 5.32 Å². The highest BCUT2D eigenvalue weighted by molar-refractivity contribution is 6.32. The summed E-state index contributed by atoms with van der Waals surface area (Å²) >= 11 is 6.22. The van der Waals surface area contributed by atoms with Crippen molar-refractivity contribution in [3.63, 3.8) is 0 Å². The number of carbonyl (C=O) groups is 2. The first-order valence-corrected chi connectivity index (χ1v) is 9.36. The predicted molar refractivity (Wildman–Crippen MR) is 107 cm³/mol. The van der Waals surface area contributed by atoms with Crippen molar-refractivity contribution in [2.24, 2.45) is 5.92 Å². The van der Waals surface area contributed by atoms with Gasteiger partial charge in [0, 0.05) is 19.3 Å². The van der Waals surface area contributed by atoms with Gasteiger partial charge in [-0.05, 0) is 47.6 Å². The molecule has 1 saturated heterocycles. The van der Waals surface area contributed by atoms with Crippen molar-refractivity contribution >= 4 is 29.6 Å². The first kappa shape index (κ1) is 21.8. The van der Waals surface area contributed by atoms with Crippen LogP contribution in [0.5, 0.6) is 0 Å². The number of anilines is 1. The molecule has 152 valence electrons. The van der Waals surface area contributed by atoms with Gasteiger partial charge in [0.25, 0.3) is 0 Å². The van der Waals surface area contributed by atoms with Crippen LogP contribution in [0.3, 0.4) is 0 Å². The maximum atomic E-state index is 12.0. The number of carbonyl (C=O) groups excluding carboxylic acids is 2. The smallest absolute Gasteiger partial charge is 0.413 e. The summed E-state index contributed by atoms with van der Waals surface area (Å²) < 4.78 is 10.6. The van der Waals surface area contributed by atoms with Crippen LogP contribution < -0.4 is 5.32 Å². The van der Waals surface area contributed by atoms with E-state index in [1.807, 2.05) is 20.8 Å². The lowest BCUT2D eigenvalue weighted by Crippen LogP contribution is -2.51. The third-order valence-corrected chi connectivity index (χ3v) is 3.77. The Bertz CT molecular complexity index is 809. The number of ether oxygens (including phenoxy) is 2. The summed E-state index contributed by atoms with van der Waals surface area (Å²) in [5.74, 6) is 6.27. The lowest BCUT2D eigenvalue weighted by atomic mass is 10.0. The number of pyridine rings is 1. The average Bonchev–Trinajstić information content (AvgIpc) is 2.44. The van der Waals surface area contributed by atoms with Gasteiger partial charge in [-0.1, -0.05) is 23.4 Å². The lowest BCUT2D eigenvalue weighted by molar-refractivity contribution is 0.00590. The molecule has 0 spiro atoms. The normalized spacial score (nSPS) is 14.5. The number of halogens is 1. The molecule has 1 fully saturated rings. The minimum atomic E-state index is -0.634. The first-order valence-electron chi connectivity index (χ1n) is 8.98. The minimum absolute atomic E-state index is 0.00170. The highest BCUT2D eigenvalue weighted by Gasteiger charge is 2.32. The van der Waals surface area contributed by atoms with Gasteiger partial charge in [-0.15, -0.1) is 0 Å². The van der Waals surface area contributed by atoms with Gasteiger partial charge in [-0.2, -0.15) is 0 Å². The van der Waals surface area contributed by atoms with Gasteiger partial charge in [0.2, 0.25) is 0 Å². The summed E-state index contributed by atoms with van der Waals surface area (Å²) in [4.78, 5) is 29.7. The number of rotatable bonds is 1. The Morgan fingerprint density at radius 2 is 1.79 bits per heavy atom. The van der Waals surface area contributed by atoms with Crippen molar-refractivity contribution in [3.8, 4) is 11.8 Å². The standard InChI is InChI=1S/C20H26ClN3O4/c1-19(2,3)27-17(25)23-16-14(15(21)9-10-22-16)8-7-13-11-24(12-13)18(26)28-20(4,5)6/h9-10,13H,11-12H2,1-6H3,(H,22,23,25). The number of hydrogen-bond donors (Lipinski definition) is 1. The summed E-state index contributed by atoms with van der Waals surface area (Å²) in [7, 11) is 0. The molecule has 1 aromatic rings. The van der Waals surface area contributed by atoms with E-state index in [-0.39, 0.29) is 17.8 Å². The summed E-state index contributed by atoms with van der Waals surface area (Å²) in [6.07, 6.45) is 0.496. The van der Waals surface area contributed by atoms with Crippen molar-refractivity contribution in [3.05, 3.63) is 22.8 Å². The number of nitrogens with zero attached hydrogens (tertiary/aromatic N) is 2. The molecule has 2 amide bonds. The second-order valence-corrected chi connectivity index (χ2v) is 8.90. The van der Waals surface area contributed by atoms with E-state index >= 15 is 0 Å². The molecule has 8 heteroatoms. The number of hydrogen-bond acceptors (Lipinski definition) is 5. The molecule has 0 aliphatic carbocycles. The van der Waals surface area contributed by atoms with Crippen molar-refractivity contribution in [1.82, 2.24) is 9.88 Å². The fourth-order valence-corrected chi connectivity index (χ4v) is 2.46. The molecule has 2 rings (SSSR count). The van der Waals surface area contributed by atoms with Crippen LogP contribution >= 0.6 is 11.6 Å². The summed E-state index contributed by atoms with van der Waals surface area (Å²) in [5, 5.41) is 2.95. The number of aromatic nitrogens is 1. The van der Waals surface area contributed by atoms with Crippen LogP contribution in [0.25, 0.3) is 0 Å². The van der Waals surface area contributed by atoms with Gasteiger partial charge in [0.05, 0.1) is 16.5 Å². The molecule has 0 unspecified atom stereocenters. The molecular weight excluding hydrogens is 382 g/mol. The molecule has 1 aromatic heterocycles. The average molecular weight is 408 g/mol. The maximum absolute atomic E-state index is 12.0. The van der Waals surface area contributed by atoms with Crippen molar-refractivity contribution in [1.29, 1.82) is 0 Å². The second-order valence-electron chi connectivity index (χ2n) is 8.49. The molecule has 0 radical (unpaired) electrons. The molecule has 7 nitrogen and oxygen atoms in total. The molecule has 2 heterocycles. The summed E-state index contributed by atoms with van der Waals surface area (Å²) in [5.41, 5.74) is -0.754. The van der Waals surface area contributed by atoms with Gasteiger partial charge >= 0.3 is 12.2 Å². The van der Waals surface area contributed by atoms with Crippen molar-refractivity contribution in [2.75, 3.05) is 18.4 Å². The highest BCUT2D eigenvalue weighted by Crippen LogP contribution is 2.23. The monoisotopic (exact) mass is 407 g/mol. The molecule has 0 atom stereocenters. The van der Waals surface area contributed by atoms with E-state index < -0.39 is 17.3 Å². The van der Waals surface area contributed by atoms with Crippen LogP contribution in [-0.2, 0) is 9.47 Å². The first-order chi connectivity index (χ1) is 12.8. The Hall–Kier alpha value is -2.46. The summed E-state index contributed by atoms with van der Waals surface area (Å²) in [6, 6.07) is 1.60. The molecule has 1 aliphatic rings. The SMILES string of the molecule is CC(C)(C)OC(=O)Nc1nccc(Cl)c1C#CC1CN(C(=O)OC(C)(C)C)C1. The van der Waals surface area contributed by atoms with E-state index in [0.29, 0.717) is 23.7 Å². The fourth-order valence-electron chi connectivity index (χ4n) is 2.27. The van der Waals surface area contributed by atoms with Gasteiger partial charge in [0.15, 0.2) is 5.82 Å². The van der Waals surface area contributed by atoms with Crippen molar-refractivity contribution < 1.29 is 19.1 Å². The number of nitrogens with one attached hydrogen (secondary N) is 1. The Morgan fingerprint density at radius 1 is 1.18 bits per heavy atom. The molecular formula is C20H26ClN3O4. The van der Waals surface area contributed by atoms with E-state index in [9.17, 15) is 9.59 Å². The predicted octanol–water partition coefficient (Wildman–Crippen LogP) is 4.30. The van der Waals surface area contributed by atoms with Crippen LogP contribution in [0.4, 0.5) is 15.4 Å². The van der Waals surface area contributed by atoms with Crippen LogP contribution in [0.1, 0.15) is 47.1 Å². The molecule has 1 aliphatic heterocycles. The zero-order chi connectivity index (χ0) is 21.1. The maximum Gasteiger partial charge on any atom is 0.413 e.